The maximum Gasteiger partial charge on any atom is 0.307 e. The Labute approximate surface area is 111 Å². The summed E-state index contributed by atoms with van der Waals surface area (Å²) < 4.78 is 0. The van der Waals surface area contributed by atoms with Gasteiger partial charge in [0.2, 0.25) is 5.91 Å². The van der Waals surface area contributed by atoms with E-state index in [0.717, 1.165) is 6.42 Å². The van der Waals surface area contributed by atoms with E-state index in [0.29, 0.717) is 18.4 Å². The molecule has 1 aliphatic rings. The van der Waals surface area contributed by atoms with Crippen LogP contribution in [0.25, 0.3) is 0 Å². The van der Waals surface area contributed by atoms with Gasteiger partial charge < -0.3 is 15.5 Å². The van der Waals surface area contributed by atoms with Crippen molar-refractivity contribution in [2.24, 2.45) is 11.8 Å². The molecule has 1 aromatic rings. The van der Waals surface area contributed by atoms with Crippen LogP contribution < -0.4 is 5.32 Å². The second-order valence-corrected chi connectivity index (χ2v) is 4.83. The zero-order chi connectivity index (χ0) is 13.8. The Morgan fingerprint density at radius 3 is 2.58 bits per heavy atom. The van der Waals surface area contributed by atoms with Crippen molar-refractivity contribution >= 4 is 11.9 Å². The first-order valence-corrected chi connectivity index (χ1v) is 6.37. The quantitative estimate of drug-likeness (QED) is 0.768. The van der Waals surface area contributed by atoms with Gasteiger partial charge in [-0.15, -0.1) is 0 Å². The Bertz CT molecular complexity index is 486. The van der Waals surface area contributed by atoms with Gasteiger partial charge in [-0.3, -0.25) is 9.59 Å². The zero-order valence-corrected chi connectivity index (χ0v) is 10.5. The maximum atomic E-state index is 12.0. The number of amides is 1. The number of hydrogen-bond donors (Lipinski definition) is 3. The Kier molecular flexibility index (Phi) is 4.04. The summed E-state index contributed by atoms with van der Waals surface area (Å²) in [6, 6.07) is 6.75. The minimum atomic E-state index is -0.903. The zero-order valence-electron chi connectivity index (χ0n) is 10.5. The molecule has 5 nitrogen and oxygen atoms in total. The first-order valence-electron chi connectivity index (χ1n) is 6.37. The summed E-state index contributed by atoms with van der Waals surface area (Å²) in [5.74, 6) is -2.05. The van der Waals surface area contributed by atoms with Crippen molar-refractivity contribution in [1.82, 2.24) is 5.32 Å². The van der Waals surface area contributed by atoms with Crippen LogP contribution in [0.5, 0.6) is 5.75 Å². The minimum absolute atomic E-state index is 0.129. The number of carbonyl (C=O) groups is 2. The van der Waals surface area contributed by atoms with Gasteiger partial charge in [-0.2, -0.15) is 0 Å². The van der Waals surface area contributed by atoms with Crippen LogP contribution in [-0.2, 0) is 16.1 Å². The molecule has 1 amide bonds. The molecule has 0 aliphatic heterocycles. The van der Waals surface area contributed by atoms with Crippen LogP contribution in [0.15, 0.2) is 24.3 Å². The number of carbonyl (C=O) groups excluding carboxylic acids is 1. The highest BCUT2D eigenvalue weighted by Crippen LogP contribution is 2.32. The molecule has 1 saturated carbocycles. The molecule has 2 atom stereocenters. The molecular weight excluding hydrogens is 246 g/mol. The molecule has 2 rings (SSSR count). The largest absolute Gasteiger partial charge is 0.508 e. The second-order valence-electron chi connectivity index (χ2n) is 4.83. The fraction of sp³-hybridized carbons (Fsp3) is 0.429. The normalized spacial score (nSPS) is 22.1. The van der Waals surface area contributed by atoms with Gasteiger partial charge in [0.1, 0.15) is 5.75 Å². The molecule has 0 heterocycles. The predicted octanol–water partition coefficient (Wildman–Crippen LogP) is 1.51. The average molecular weight is 263 g/mol. The van der Waals surface area contributed by atoms with E-state index in [1.807, 2.05) is 0 Å². The predicted molar refractivity (Wildman–Crippen MR) is 68.4 cm³/mol. The van der Waals surface area contributed by atoms with E-state index in [1.165, 1.54) is 0 Å². The Morgan fingerprint density at radius 1 is 1.21 bits per heavy atom. The summed E-state index contributed by atoms with van der Waals surface area (Å²) in [5.41, 5.74) is 0.626. The topological polar surface area (TPSA) is 86.6 Å². The summed E-state index contributed by atoms with van der Waals surface area (Å²) in [5, 5.41) is 21.3. The van der Waals surface area contributed by atoms with Gasteiger partial charge >= 0.3 is 5.97 Å². The number of nitrogens with one attached hydrogen (secondary N) is 1. The van der Waals surface area contributed by atoms with Crippen molar-refractivity contribution in [2.75, 3.05) is 0 Å². The van der Waals surface area contributed by atoms with E-state index >= 15 is 0 Å². The smallest absolute Gasteiger partial charge is 0.307 e. The molecule has 1 aromatic carbocycles. The van der Waals surface area contributed by atoms with E-state index in [4.69, 9.17) is 5.11 Å². The molecule has 0 bridgehead atoms. The van der Waals surface area contributed by atoms with Gasteiger partial charge in [-0.25, -0.2) is 0 Å². The van der Waals surface area contributed by atoms with Crippen molar-refractivity contribution in [2.45, 2.75) is 25.8 Å². The van der Waals surface area contributed by atoms with Crippen LogP contribution in [0.4, 0.5) is 0 Å². The van der Waals surface area contributed by atoms with Crippen LogP contribution in [0, 0.1) is 11.8 Å². The number of phenolic OH excluding ortho intramolecular Hbond substituents is 1. The van der Waals surface area contributed by atoms with E-state index in [1.54, 1.807) is 24.3 Å². The lowest BCUT2D eigenvalue weighted by molar-refractivity contribution is -0.146. The summed E-state index contributed by atoms with van der Waals surface area (Å²) in [6.45, 7) is 0.217. The number of carboxylic acid groups (broad SMARTS) is 1. The number of hydrogen-bond acceptors (Lipinski definition) is 3. The molecule has 1 fully saturated rings. The van der Waals surface area contributed by atoms with Gasteiger partial charge in [0, 0.05) is 12.1 Å². The molecule has 5 heteroatoms. The second kappa shape index (κ2) is 5.73. The first-order chi connectivity index (χ1) is 9.09. The third kappa shape index (κ3) is 3.05. The lowest BCUT2D eigenvalue weighted by Gasteiger charge is -2.15. The van der Waals surface area contributed by atoms with Crippen molar-refractivity contribution in [3.05, 3.63) is 29.8 Å². The number of para-hydroxylation sites is 1. The van der Waals surface area contributed by atoms with Crippen LogP contribution in [0.3, 0.4) is 0 Å². The van der Waals surface area contributed by atoms with E-state index in [9.17, 15) is 14.7 Å². The van der Waals surface area contributed by atoms with Crippen molar-refractivity contribution in [3.63, 3.8) is 0 Å². The molecule has 2 unspecified atom stereocenters. The highest BCUT2D eigenvalue weighted by atomic mass is 16.4. The van der Waals surface area contributed by atoms with Gasteiger partial charge in [-0.1, -0.05) is 24.6 Å². The van der Waals surface area contributed by atoms with Crippen LogP contribution in [0.1, 0.15) is 24.8 Å². The highest BCUT2D eigenvalue weighted by Gasteiger charge is 2.37. The lowest BCUT2D eigenvalue weighted by Crippen LogP contribution is -2.34. The number of aliphatic carboxylic acids is 1. The molecule has 0 saturated heterocycles. The standard InChI is InChI=1S/C14H17NO4/c16-12-7-2-1-4-9(12)8-15-13(17)10-5-3-6-11(10)14(18)19/h1-2,4,7,10-11,16H,3,5-6,8H2,(H,15,17)(H,18,19). The Balaban J connectivity index is 1.95. The molecule has 19 heavy (non-hydrogen) atoms. The van der Waals surface area contributed by atoms with E-state index in [2.05, 4.69) is 5.32 Å². The molecular formula is C14H17NO4. The summed E-state index contributed by atoms with van der Waals surface area (Å²) in [4.78, 5) is 23.0. The molecule has 0 aromatic heterocycles. The molecule has 0 spiro atoms. The fourth-order valence-corrected chi connectivity index (χ4v) is 2.54. The number of benzene rings is 1. The van der Waals surface area contributed by atoms with Gasteiger partial charge in [0.25, 0.3) is 0 Å². The van der Waals surface area contributed by atoms with Crippen LogP contribution >= 0.6 is 0 Å². The van der Waals surface area contributed by atoms with Crippen molar-refractivity contribution in [3.8, 4) is 5.75 Å². The molecule has 1 aliphatic carbocycles. The maximum absolute atomic E-state index is 12.0. The first kappa shape index (κ1) is 13.4. The Morgan fingerprint density at radius 2 is 1.89 bits per heavy atom. The van der Waals surface area contributed by atoms with Gasteiger partial charge in [0.05, 0.1) is 11.8 Å². The fourth-order valence-electron chi connectivity index (χ4n) is 2.54. The van der Waals surface area contributed by atoms with Crippen LogP contribution in [0.2, 0.25) is 0 Å². The third-order valence-electron chi connectivity index (χ3n) is 3.61. The lowest BCUT2D eigenvalue weighted by atomic mass is 9.95. The number of aromatic hydroxyl groups is 1. The SMILES string of the molecule is O=C(O)C1CCCC1C(=O)NCc1ccccc1O. The minimum Gasteiger partial charge on any atom is -0.508 e. The van der Waals surface area contributed by atoms with Gasteiger partial charge in [0.15, 0.2) is 0 Å². The highest BCUT2D eigenvalue weighted by molar-refractivity contribution is 5.85. The average Bonchev–Trinajstić information content (AvgIpc) is 2.87. The molecule has 102 valence electrons. The number of rotatable bonds is 4. The van der Waals surface area contributed by atoms with E-state index < -0.39 is 17.8 Å². The summed E-state index contributed by atoms with van der Waals surface area (Å²) in [6.07, 6.45) is 1.94. The Hall–Kier alpha value is -2.04. The van der Waals surface area contributed by atoms with Crippen LogP contribution in [-0.4, -0.2) is 22.1 Å². The molecule has 3 N–H and O–H groups in total. The van der Waals surface area contributed by atoms with Crippen molar-refractivity contribution in [1.29, 1.82) is 0 Å². The third-order valence-corrected chi connectivity index (χ3v) is 3.61. The monoisotopic (exact) mass is 263 g/mol. The van der Waals surface area contributed by atoms with E-state index in [-0.39, 0.29) is 18.2 Å². The number of phenols is 1. The van der Waals surface area contributed by atoms with Crippen molar-refractivity contribution < 1.29 is 19.8 Å². The van der Waals surface area contributed by atoms with Gasteiger partial charge in [-0.05, 0) is 18.9 Å². The summed E-state index contributed by atoms with van der Waals surface area (Å²) >= 11 is 0. The molecule has 0 radical (unpaired) electrons. The summed E-state index contributed by atoms with van der Waals surface area (Å²) in [7, 11) is 0. The number of carboxylic acids is 1.